The molecule has 1 aromatic carbocycles. The molecule has 0 saturated carbocycles. The first-order chi connectivity index (χ1) is 9.60. The largest absolute Gasteiger partial charge is 0.320 e. The summed E-state index contributed by atoms with van der Waals surface area (Å²) in [7, 11) is 2.04. The molecule has 2 rings (SSSR count). The Morgan fingerprint density at radius 1 is 1.00 bits per heavy atom. The average Bonchev–Trinajstić information content (AvgIpc) is 2.41. The molecule has 0 atom stereocenters. The minimum Gasteiger partial charge on any atom is -0.320 e. The molecular formula is C20H33N. The van der Waals surface area contributed by atoms with Gasteiger partial charge in [0.05, 0.1) is 0 Å². The van der Waals surface area contributed by atoms with Crippen LogP contribution in [0.2, 0.25) is 0 Å². The van der Waals surface area contributed by atoms with Crippen molar-refractivity contribution in [1.29, 1.82) is 0 Å². The highest BCUT2D eigenvalue weighted by Crippen LogP contribution is 2.46. The quantitative estimate of drug-likeness (QED) is 0.828. The summed E-state index contributed by atoms with van der Waals surface area (Å²) in [6, 6.07) is 7.29. The van der Waals surface area contributed by atoms with Crippen LogP contribution in [0.5, 0.6) is 0 Å². The number of fused-ring (bicyclic) bond motifs is 1. The Kier molecular flexibility index (Phi) is 4.28. The summed E-state index contributed by atoms with van der Waals surface area (Å²) < 4.78 is 0. The third-order valence-corrected chi connectivity index (χ3v) is 5.63. The van der Waals surface area contributed by atoms with Crippen molar-refractivity contribution in [2.45, 2.75) is 77.0 Å². The Bertz CT molecular complexity index is 509. The SMILES string of the molecule is CNCCC(C)(C)c1ccc2c(c1)C(C)(C)CCC2(C)C. The maximum Gasteiger partial charge on any atom is -0.00436 e. The summed E-state index contributed by atoms with van der Waals surface area (Å²) in [6.07, 6.45) is 3.75. The van der Waals surface area contributed by atoms with E-state index in [1.807, 2.05) is 7.05 Å². The van der Waals surface area contributed by atoms with Crippen molar-refractivity contribution in [3.8, 4) is 0 Å². The second-order valence-corrected chi connectivity index (χ2v) is 8.77. The van der Waals surface area contributed by atoms with E-state index in [-0.39, 0.29) is 5.41 Å². The minimum atomic E-state index is 0.232. The first kappa shape index (κ1) is 16.5. The van der Waals surface area contributed by atoms with Crippen molar-refractivity contribution >= 4 is 0 Å². The normalized spacial score (nSPS) is 20.1. The van der Waals surface area contributed by atoms with Gasteiger partial charge in [0.15, 0.2) is 0 Å². The standard InChI is InChI=1S/C20H33N/c1-18(2,12-13-21-7)15-8-9-16-17(14-15)20(5,6)11-10-19(16,3)4/h8-9,14,21H,10-13H2,1-7H3. The summed E-state index contributed by atoms with van der Waals surface area (Å²) >= 11 is 0. The first-order valence-electron chi connectivity index (χ1n) is 8.40. The van der Waals surface area contributed by atoms with Crippen LogP contribution >= 0.6 is 0 Å². The molecule has 0 unspecified atom stereocenters. The molecule has 1 N–H and O–H groups in total. The van der Waals surface area contributed by atoms with Crippen LogP contribution in [0.15, 0.2) is 18.2 Å². The molecule has 21 heavy (non-hydrogen) atoms. The lowest BCUT2D eigenvalue weighted by Crippen LogP contribution is -2.34. The highest BCUT2D eigenvalue weighted by atomic mass is 14.8. The van der Waals surface area contributed by atoms with E-state index < -0.39 is 0 Å². The minimum absolute atomic E-state index is 0.232. The Morgan fingerprint density at radius 3 is 2.14 bits per heavy atom. The van der Waals surface area contributed by atoms with Gasteiger partial charge in [-0.2, -0.15) is 0 Å². The second-order valence-electron chi connectivity index (χ2n) is 8.77. The topological polar surface area (TPSA) is 12.0 Å². The summed E-state index contributed by atoms with van der Waals surface area (Å²) in [4.78, 5) is 0. The van der Waals surface area contributed by atoms with Crippen LogP contribution < -0.4 is 5.32 Å². The Balaban J connectivity index is 2.46. The molecule has 1 heteroatoms. The summed E-state index contributed by atoms with van der Waals surface area (Å²) in [5, 5.41) is 3.29. The van der Waals surface area contributed by atoms with Crippen LogP contribution in [0.4, 0.5) is 0 Å². The van der Waals surface area contributed by atoms with Gasteiger partial charge < -0.3 is 5.32 Å². The van der Waals surface area contributed by atoms with Crippen molar-refractivity contribution in [3.63, 3.8) is 0 Å². The molecule has 1 aromatic rings. The number of rotatable bonds is 4. The molecule has 1 nitrogen and oxygen atoms in total. The van der Waals surface area contributed by atoms with Gasteiger partial charge >= 0.3 is 0 Å². The zero-order valence-corrected chi connectivity index (χ0v) is 15.1. The van der Waals surface area contributed by atoms with E-state index in [0.717, 1.165) is 6.54 Å². The molecular weight excluding hydrogens is 254 g/mol. The fourth-order valence-electron chi connectivity index (χ4n) is 3.59. The van der Waals surface area contributed by atoms with Crippen molar-refractivity contribution in [1.82, 2.24) is 5.32 Å². The summed E-state index contributed by atoms with van der Waals surface area (Å²) in [6.45, 7) is 15.4. The van der Waals surface area contributed by atoms with E-state index in [1.165, 1.54) is 24.8 Å². The molecule has 0 fully saturated rings. The number of hydrogen-bond acceptors (Lipinski definition) is 1. The lowest BCUT2D eigenvalue weighted by Gasteiger charge is -2.42. The van der Waals surface area contributed by atoms with Gasteiger partial charge in [-0.3, -0.25) is 0 Å². The molecule has 0 saturated heterocycles. The van der Waals surface area contributed by atoms with E-state index in [4.69, 9.17) is 0 Å². The fourth-order valence-corrected chi connectivity index (χ4v) is 3.59. The van der Waals surface area contributed by atoms with Crippen LogP contribution in [0, 0.1) is 0 Å². The highest BCUT2D eigenvalue weighted by molar-refractivity contribution is 5.45. The molecule has 0 amide bonds. The third-order valence-electron chi connectivity index (χ3n) is 5.63. The molecule has 0 radical (unpaired) electrons. The van der Waals surface area contributed by atoms with E-state index in [9.17, 15) is 0 Å². The second kappa shape index (κ2) is 5.43. The van der Waals surface area contributed by atoms with Gasteiger partial charge in [-0.15, -0.1) is 0 Å². The molecule has 118 valence electrons. The van der Waals surface area contributed by atoms with E-state index in [0.29, 0.717) is 10.8 Å². The molecule has 0 aromatic heterocycles. The Hall–Kier alpha value is -0.820. The Labute approximate surface area is 131 Å². The van der Waals surface area contributed by atoms with Crippen LogP contribution in [-0.2, 0) is 16.2 Å². The van der Waals surface area contributed by atoms with Gasteiger partial charge in [0.2, 0.25) is 0 Å². The van der Waals surface area contributed by atoms with Crippen LogP contribution in [0.3, 0.4) is 0 Å². The molecule has 0 heterocycles. The maximum atomic E-state index is 3.29. The van der Waals surface area contributed by atoms with E-state index in [1.54, 1.807) is 11.1 Å². The maximum absolute atomic E-state index is 3.29. The third kappa shape index (κ3) is 3.18. The van der Waals surface area contributed by atoms with Crippen LogP contribution in [0.1, 0.15) is 77.5 Å². The Morgan fingerprint density at radius 2 is 1.57 bits per heavy atom. The lowest BCUT2D eigenvalue weighted by molar-refractivity contribution is 0.330. The number of benzene rings is 1. The number of nitrogens with one attached hydrogen (secondary N) is 1. The summed E-state index contributed by atoms with van der Waals surface area (Å²) in [5.74, 6) is 0. The van der Waals surface area contributed by atoms with Gasteiger partial charge in [0, 0.05) is 0 Å². The van der Waals surface area contributed by atoms with Crippen LogP contribution in [0.25, 0.3) is 0 Å². The van der Waals surface area contributed by atoms with Crippen LogP contribution in [-0.4, -0.2) is 13.6 Å². The summed E-state index contributed by atoms with van der Waals surface area (Å²) in [5.41, 5.74) is 5.48. The van der Waals surface area contributed by atoms with Crippen molar-refractivity contribution in [3.05, 3.63) is 34.9 Å². The lowest BCUT2D eigenvalue weighted by atomic mass is 9.62. The van der Waals surface area contributed by atoms with Gasteiger partial charge in [-0.05, 0) is 65.8 Å². The molecule has 1 aliphatic carbocycles. The zero-order valence-electron chi connectivity index (χ0n) is 15.1. The fraction of sp³-hybridized carbons (Fsp3) is 0.700. The average molecular weight is 287 g/mol. The number of hydrogen-bond donors (Lipinski definition) is 1. The molecule has 0 spiro atoms. The monoisotopic (exact) mass is 287 g/mol. The van der Waals surface area contributed by atoms with Gasteiger partial charge in [0.25, 0.3) is 0 Å². The molecule has 0 bridgehead atoms. The smallest absolute Gasteiger partial charge is 0.00436 e. The van der Waals surface area contributed by atoms with Crippen molar-refractivity contribution < 1.29 is 0 Å². The van der Waals surface area contributed by atoms with E-state index in [2.05, 4.69) is 65.1 Å². The van der Waals surface area contributed by atoms with Gasteiger partial charge in [-0.1, -0.05) is 59.7 Å². The zero-order chi connectivity index (χ0) is 15.9. The van der Waals surface area contributed by atoms with E-state index >= 15 is 0 Å². The molecule has 1 aliphatic rings. The molecule has 0 aliphatic heterocycles. The predicted molar refractivity (Wildman–Crippen MR) is 93.3 cm³/mol. The van der Waals surface area contributed by atoms with Gasteiger partial charge in [-0.25, -0.2) is 0 Å². The van der Waals surface area contributed by atoms with Gasteiger partial charge in [0.1, 0.15) is 0 Å². The van der Waals surface area contributed by atoms with Crippen molar-refractivity contribution in [2.24, 2.45) is 0 Å². The highest BCUT2D eigenvalue weighted by Gasteiger charge is 2.37. The first-order valence-corrected chi connectivity index (χ1v) is 8.40. The predicted octanol–water partition coefficient (Wildman–Crippen LogP) is 4.92. The van der Waals surface area contributed by atoms with Crippen molar-refractivity contribution in [2.75, 3.05) is 13.6 Å².